The van der Waals surface area contributed by atoms with E-state index in [-0.39, 0.29) is 17.0 Å². The molecule has 0 saturated carbocycles. The minimum absolute atomic E-state index is 0.191. The van der Waals surface area contributed by atoms with Gasteiger partial charge in [-0.1, -0.05) is 24.6 Å². The number of halogens is 1. The molecule has 0 aliphatic heterocycles. The molecule has 0 fully saturated rings. The van der Waals surface area contributed by atoms with E-state index in [9.17, 15) is 24.3 Å². The number of methoxy groups -OCH3 is 2. The fraction of sp³-hybridized carbons (Fsp3) is 0.185. The quantitative estimate of drug-likeness (QED) is 0.218. The number of hydrogen-bond acceptors (Lipinski definition) is 7. The number of carbonyl (C=O) groups is 4. The van der Waals surface area contributed by atoms with Crippen LogP contribution in [0.3, 0.4) is 0 Å². The largest absolute Gasteiger partial charge is 0.495 e. The molecule has 0 spiro atoms. The van der Waals surface area contributed by atoms with Crippen LogP contribution in [0.2, 0.25) is 5.02 Å². The molecule has 4 N–H and O–H groups in total. The van der Waals surface area contributed by atoms with Crippen molar-refractivity contribution < 1.29 is 38.9 Å². The molecular weight excluding hydrogens is 548 g/mol. The van der Waals surface area contributed by atoms with E-state index in [0.717, 1.165) is 18.2 Å². The van der Waals surface area contributed by atoms with Crippen LogP contribution < -0.4 is 20.1 Å². The van der Waals surface area contributed by atoms with Crippen LogP contribution in [-0.2, 0) is 4.79 Å². The molecule has 2 amide bonds. The van der Waals surface area contributed by atoms with Gasteiger partial charge in [0.05, 0.1) is 46.9 Å². The lowest BCUT2D eigenvalue weighted by Gasteiger charge is -2.18. The van der Waals surface area contributed by atoms with Gasteiger partial charge in [0.25, 0.3) is 5.91 Å². The van der Waals surface area contributed by atoms with Crippen molar-refractivity contribution in [3.05, 3.63) is 76.3 Å². The molecule has 0 aliphatic carbocycles. The molecular formula is C27H25ClN2O8S. The summed E-state index contributed by atoms with van der Waals surface area (Å²) in [7, 11) is 2.93. The lowest BCUT2D eigenvalue weighted by molar-refractivity contribution is -0.115. The van der Waals surface area contributed by atoms with Gasteiger partial charge in [0.2, 0.25) is 5.91 Å². The summed E-state index contributed by atoms with van der Waals surface area (Å²) in [6.07, 6.45) is 0.483. The van der Waals surface area contributed by atoms with Crippen LogP contribution in [0.5, 0.6) is 11.5 Å². The molecule has 204 valence electrons. The molecule has 1 unspecified atom stereocenters. The second kappa shape index (κ2) is 13.0. The number of anilines is 2. The van der Waals surface area contributed by atoms with E-state index in [1.807, 2.05) is 6.92 Å². The summed E-state index contributed by atoms with van der Waals surface area (Å²) in [6, 6.07) is 13.1. The van der Waals surface area contributed by atoms with Crippen LogP contribution in [0.4, 0.5) is 11.4 Å². The first kappa shape index (κ1) is 29.3. The summed E-state index contributed by atoms with van der Waals surface area (Å²) >= 11 is 7.48. The van der Waals surface area contributed by atoms with E-state index >= 15 is 0 Å². The average molecular weight is 573 g/mol. The Morgan fingerprint density at radius 1 is 0.897 bits per heavy atom. The van der Waals surface area contributed by atoms with Gasteiger partial charge in [-0.2, -0.15) is 0 Å². The van der Waals surface area contributed by atoms with Crippen molar-refractivity contribution in [3.8, 4) is 11.5 Å². The maximum absolute atomic E-state index is 13.1. The Balaban J connectivity index is 1.76. The van der Waals surface area contributed by atoms with Gasteiger partial charge in [0.1, 0.15) is 11.5 Å². The van der Waals surface area contributed by atoms with E-state index in [2.05, 4.69) is 10.6 Å². The highest BCUT2D eigenvalue weighted by atomic mass is 35.5. The molecule has 3 aromatic rings. The summed E-state index contributed by atoms with van der Waals surface area (Å²) in [4.78, 5) is 49.4. The third-order valence-corrected chi connectivity index (χ3v) is 7.16. The Morgan fingerprint density at radius 3 is 2.23 bits per heavy atom. The van der Waals surface area contributed by atoms with Crippen molar-refractivity contribution in [2.45, 2.75) is 23.5 Å². The van der Waals surface area contributed by atoms with Crippen molar-refractivity contribution in [1.82, 2.24) is 0 Å². The second-order valence-electron chi connectivity index (χ2n) is 8.04. The van der Waals surface area contributed by atoms with Gasteiger partial charge in [-0.25, -0.2) is 9.59 Å². The number of thioether (sulfide) groups is 1. The van der Waals surface area contributed by atoms with E-state index in [1.165, 1.54) is 26.0 Å². The minimum Gasteiger partial charge on any atom is -0.495 e. The number of carboxylic acid groups (broad SMARTS) is 2. The minimum atomic E-state index is -1.43. The molecule has 10 nitrogen and oxygen atoms in total. The molecule has 39 heavy (non-hydrogen) atoms. The van der Waals surface area contributed by atoms with Crippen LogP contribution in [0.1, 0.15) is 44.4 Å². The maximum Gasteiger partial charge on any atom is 0.336 e. The van der Waals surface area contributed by atoms with Crippen LogP contribution in [0.25, 0.3) is 0 Å². The molecule has 0 aliphatic rings. The number of aromatic carboxylic acids is 2. The predicted octanol–water partition coefficient (Wildman–Crippen LogP) is 5.52. The van der Waals surface area contributed by atoms with Crippen molar-refractivity contribution in [2.75, 3.05) is 24.9 Å². The lowest BCUT2D eigenvalue weighted by atomic mass is 10.0. The van der Waals surface area contributed by atoms with Crippen molar-refractivity contribution in [3.63, 3.8) is 0 Å². The normalized spacial score (nSPS) is 11.3. The maximum atomic E-state index is 13.1. The fourth-order valence-corrected chi connectivity index (χ4v) is 4.81. The van der Waals surface area contributed by atoms with E-state index < -0.39 is 28.7 Å². The van der Waals surface area contributed by atoms with Gasteiger partial charge in [-0.3, -0.25) is 9.59 Å². The fourth-order valence-electron chi connectivity index (χ4n) is 3.56. The zero-order valence-electron chi connectivity index (χ0n) is 21.1. The van der Waals surface area contributed by atoms with E-state index in [0.29, 0.717) is 39.2 Å². The number of ether oxygens (including phenoxy) is 2. The highest BCUT2D eigenvalue weighted by Gasteiger charge is 2.22. The van der Waals surface area contributed by atoms with Crippen molar-refractivity contribution in [2.24, 2.45) is 0 Å². The van der Waals surface area contributed by atoms with Crippen molar-refractivity contribution in [1.29, 1.82) is 0 Å². The molecule has 3 aromatic carbocycles. The van der Waals surface area contributed by atoms with Gasteiger partial charge < -0.3 is 30.3 Å². The smallest absolute Gasteiger partial charge is 0.336 e. The van der Waals surface area contributed by atoms with E-state index in [4.69, 9.17) is 26.2 Å². The third kappa shape index (κ3) is 7.21. The molecule has 0 bridgehead atoms. The summed E-state index contributed by atoms with van der Waals surface area (Å²) in [6.45, 7) is 1.86. The molecule has 0 saturated heterocycles. The first-order valence-corrected chi connectivity index (χ1v) is 12.7. The van der Waals surface area contributed by atoms with E-state index in [1.54, 1.807) is 36.4 Å². The van der Waals surface area contributed by atoms with Crippen LogP contribution in [0, 0.1) is 0 Å². The molecule has 0 heterocycles. The number of benzene rings is 3. The van der Waals surface area contributed by atoms with Gasteiger partial charge in [0, 0.05) is 16.6 Å². The molecule has 0 radical (unpaired) electrons. The average Bonchev–Trinajstić information content (AvgIpc) is 2.91. The summed E-state index contributed by atoms with van der Waals surface area (Å²) < 4.78 is 10.5. The number of hydrogen-bond donors (Lipinski definition) is 4. The number of amides is 2. The van der Waals surface area contributed by atoms with Crippen molar-refractivity contribution >= 4 is 58.5 Å². The summed E-state index contributed by atoms with van der Waals surface area (Å²) in [5.41, 5.74) is -0.127. The predicted molar refractivity (Wildman–Crippen MR) is 148 cm³/mol. The Kier molecular flexibility index (Phi) is 9.80. The van der Waals surface area contributed by atoms with Gasteiger partial charge in [-0.05, 0) is 48.9 Å². The van der Waals surface area contributed by atoms with Crippen LogP contribution >= 0.6 is 23.4 Å². The third-order valence-electron chi connectivity index (χ3n) is 5.51. The zero-order valence-corrected chi connectivity index (χ0v) is 22.7. The Morgan fingerprint density at radius 2 is 1.62 bits per heavy atom. The van der Waals surface area contributed by atoms with Crippen LogP contribution in [-0.4, -0.2) is 53.4 Å². The van der Waals surface area contributed by atoms with Gasteiger partial charge in [0.15, 0.2) is 0 Å². The lowest BCUT2D eigenvalue weighted by Crippen LogP contribution is -2.24. The topological polar surface area (TPSA) is 151 Å². The Hall–Kier alpha value is -4.22. The SMILES string of the molecule is CCC(Sc1cccc(NC(=O)c2ccc(C(=O)O)cc2C(=O)O)c1)C(=O)Nc1cc(Cl)c(OC)cc1OC. The highest BCUT2D eigenvalue weighted by molar-refractivity contribution is 8.00. The second-order valence-corrected chi connectivity index (χ2v) is 9.73. The number of nitrogens with one attached hydrogen (secondary N) is 2. The Bertz CT molecular complexity index is 1430. The molecule has 0 aromatic heterocycles. The van der Waals surface area contributed by atoms with Gasteiger partial charge >= 0.3 is 11.9 Å². The molecule has 12 heteroatoms. The van der Waals surface area contributed by atoms with Crippen LogP contribution in [0.15, 0.2) is 59.5 Å². The Labute approximate surface area is 233 Å². The monoisotopic (exact) mass is 572 g/mol. The highest BCUT2D eigenvalue weighted by Crippen LogP contribution is 2.37. The number of carboxylic acids is 2. The summed E-state index contributed by atoms with van der Waals surface area (Å²) in [5.74, 6) is -2.97. The zero-order chi connectivity index (χ0) is 28.7. The number of carbonyl (C=O) groups excluding carboxylic acids is 2. The standard InChI is InChI=1S/C27H25ClN2O8S/c1-4-23(25(32)30-20-12-19(28)21(37-2)13-22(20)38-3)39-16-7-5-6-15(11-16)29-24(31)17-9-8-14(26(33)34)10-18(17)27(35)36/h5-13,23H,4H2,1-3H3,(H,29,31)(H,30,32)(H,33,34)(H,35,36). The number of rotatable bonds is 11. The summed E-state index contributed by atoms with van der Waals surface area (Å²) in [5, 5.41) is 23.8. The first-order valence-electron chi connectivity index (χ1n) is 11.5. The van der Waals surface area contributed by atoms with Gasteiger partial charge in [-0.15, -0.1) is 11.8 Å². The molecule has 3 rings (SSSR count). The first-order chi connectivity index (χ1) is 18.6. The molecule has 1 atom stereocenters.